The third kappa shape index (κ3) is 4.38. The predicted octanol–water partition coefficient (Wildman–Crippen LogP) is 1.78. The van der Waals surface area contributed by atoms with Gasteiger partial charge in [0, 0.05) is 50.4 Å². The zero-order chi connectivity index (χ0) is 27.0. The molecule has 0 spiro atoms. The van der Waals surface area contributed by atoms with Gasteiger partial charge in [-0.3, -0.25) is 24.6 Å². The number of imide groups is 2. The van der Waals surface area contributed by atoms with E-state index in [-0.39, 0.29) is 36.9 Å². The Morgan fingerprint density at radius 3 is 2.58 bits per heavy atom. The molecule has 0 aliphatic carbocycles. The van der Waals surface area contributed by atoms with Crippen LogP contribution in [0.2, 0.25) is 0 Å². The number of benzene rings is 1. The standard InChI is InChI=1S/C28H32N4O6/c1-4-10-31-26(35)28(25(34)29-27(31)36,13-18-8-9-22(37-2)23(12-18)38-3)17-30-14-19-11-20(16-30)21-6-5-7-24(33)32(21)15-19/h4-9,12,19-20H,1,10-11,13-17H2,2-3H3,(H,29,34,36)/t19-,20+,28+/m0/s1. The quantitative estimate of drug-likeness (QED) is 0.417. The summed E-state index contributed by atoms with van der Waals surface area (Å²) < 4.78 is 12.6. The molecule has 1 aromatic carbocycles. The maximum Gasteiger partial charge on any atom is 0.331 e. The van der Waals surface area contributed by atoms with Crippen LogP contribution < -0.4 is 20.3 Å². The average molecular weight is 521 g/mol. The predicted molar refractivity (Wildman–Crippen MR) is 139 cm³/mol. The van der Waals surface area contributed by atoms with Crippen molar-refractivity contribution in [3.8, 4) is 11.5 Å². The summed E-state index contributed by atoms with van der Waals surface area (Å²) in [6.45, 7) is 5.64. The zero-order valence-electron chi connectivity index (χ0n) is 21.6. The Balaban J connectivity index is 1.51. The number of barbiturate groups is 1. The van der Waals surface area contributed by atoms with Crippen molar-refractivity contribution in [3.05, 3.63) is 70.7 Å². The van der Waals surface area contributed by atoms with Gasteiger partial charge in [-0.1, -0.05) is 18.2 Å². The third-order valence-electron chi connectivity index (χ3n) is 7.87. The number of carbonyl (C=O) groups is 3. The van der Waals surface area contributed by atoms with Crippen molar-refractivity contribution < 1.29 is 23.9 Å². The van der Waals surface area contributed by atoms with Gasteiger partial charge in [0.1, 0.15) is 5.41 Å². The third-order valence-corrected chi connectivity index (χ3v) is 7.87. The normalized spacial score (nSPS) is 25.0. The molecular weight excluding hydrogens is 488 g/mol. The summed E-state index contributed by atoms with van der Waals surface area (Å²) >= 11 is 0. The van der Waals surface area contributed by atoms with Crippen molar-refractivity contribution in [2.24, 2.45) is 11.3 Å². The number of hydrogen-bond acceptors (Lipinski definition) is 7. The van der Waals surface area contributed by atoms with Crippen LogP contribution in [-0.4, -0.2) is 72.6 Å². The number of piperidine rings is 1. The minimum atomic E-state index is -1.54. The molecule has 0 saturated carbocycles. The van der Waals surface area contributed by atoms with Gasteiger partial charge < -0.3 is 18.9 Å². The maximum atomic E-state index is 14.0. The van der Waals surface area contributed by atoms with E-state index in [0.717, 1.165) is 17.0 Å². The second-order valence-electron chi connectivity index (χ2n) is 10.3. The van der Waals surface area contributed by atoms with Gasteiger partial charge in [-0.15, -0.1) is 6.58 Å². The molecule has 2 saturated heterocycles. The van der Waals surface area contributed by atoms with E-state index in [0.29, 0.717) is 36.7 Å². The minimum absolute atomic E-state index is 0.00371. The number of aromatic nitrogens is 1. The second-order valence-corrected chi connectivity index (χ2v) is 10.3. The van der Waals surface area contributed by atoms with Gasteiger partial charge >= 0.3 is 6.03 Å². The highest BCUT2D eigenvalue weighted by Gasteiger charge is 2.55. The molecule has 0 unspecified atom stereocenters. The van der Waals surface area contributed by atoms with Crippen LogP contribution >= 0.6 is 0 Å². The van der Waals surface area contributed by atoms with Crippen molar-refractivity contribution in [2.75, 3.05) is 40.4 Å². The van der Waals surface area contributed by atoms with Gasteiger partial charge in [-0.25, -0.2) is 4.79 Å². The van der Waals surface area contributed by atoms with Gasteiger partial charge in [-0.2, -0.15) is 0 Å². The zero-order valence-corrected chi connectivity index (χ0v) is 21.6. The second kappa shape index (κ2) is 10.1. The highest BCUT2D eigenvalue weighted by molar-refractivity contribution is 6.19. The first-order valence-corrected chi connectivity index (χ1v) is 12.7. The van der Waals surface area contributed by atoms with E-state index >= 15 is 0 Å². The van der Waals surface area contributed by atoms with Crippen molar-refractivity contribution in [2.45, 2.75) is 25.3 Å². The fraction of sp³-hybridized carbons (Fsp3) is 0.429. The van der Waals surface area contributed by atoms with Crippen molar-refractivity contribution >= 4 is 17.8 Å². The van der Waals surface area contributed by atoms with E-state index in [1.807, 2.05) is 10.6 Å². The summed E-state index contributed by atoms with van der Waals surface area (Å²) in [7, 11) is 3.06. The van der Waals surface area contributed by atoms with Crippen LogP contribution in [0.25, 0.3) is 0 Å². The summed E-state index contributed by atoms with van der Waals surface area (Å²) in [5, 5.41) is 2.42. The summed E-state index contributed by atoms with van der Waals surface area (Å²) in [6.07, 6.45) is 2.49. The van der Waals surface area contributed by atoms with Crippen molar-refractivity contribution in [1.82, 2.24) is 19.7 Å². The number of nitrogens with zero attached hydrogens (tertiary/aromatic N) is 3. The van der Waals surface area contributed by atoms with Crippen LogP contribution in [-0.2, 0) is 22.6 Å². The molecule has 1 N–H and O–H groups in total. The minimum Gasteiger partial charge on any atom is -0.493 e. The van der Waals surface area contributed by atoms with Crippen molar-refractivity contribution in [1.29, 1.82) is 0 Å². The Kier molecular flexibility index (Phi) is 6.83. The lowest BCUT2D eigenvalue weighted by Gasteiger charge is -2.47. The van der Waals surface area contributed by atoms with E-state index < -0.39 is 23.3 Å². The number of pyridine rings is 1. The number of amides is 4. The molecule has 4 heterocycles. The van der Waals surface area contributed by atoms with Crippen molar-refractivity contribution in [3.63, 3.8) is 0 Å². The SMILES string of the molecule is C=CCN1C(=O)NC(=O)[C@@](Cc2ccc(OC)c(OC)c2)(CN2C[C@@H]3C[C@H](C2)c2cccc(=O)n2C3)C1=O. The molecular formula is C28H32N4O6. The molecule has 38 heavy (non-hydrogen) atoms. The van der Waals surface area contributed by atoms with Crippen LogP contribution in [0.4, 0.5) is 4.79 Å². The highest BCUT2D eigenvalue weighted by Crippen LogP contribution is 2.39. The van der Waals surface area contributed by atoms with Gasteiger partial charge in [-0.05, 0) is 42.5 Å². The number of ether oxygens (including phenoxy) is 2. The maximum absolute atomic E-state index is 14.0. The molecule has 200 valence electrons. The molecule has 1 aromatic heterocycles. The van der Waals surface area contributed by atoms with Crippen LogP contribution in [0.3, 0.4) is 0 Å². The smallest absolute Gasteiger partial charge is 0.331 e. The highest BCUT2D eigenvalue weighted by atomic mass is 16.5. The lowest BCUT2D eigenvalue weighted by atomic mass is 9.75. The number of rotatable bonds is 8. The van der Waals surface area contributed by atoms with E-state index in [1.54, 1.807) is 30.3 Å². The molecule has 2 aromatic rings. The number of likely N-dealkylation sites (tertiary alicyclic amines) is 1. The number of methoxy groups -OCH3 is 2. The Morgan fingerprint density at radius 2 is 1.84 bits per heavy atom. The molecule has 3 aliphatic rings. The average Bonchev–Trinajstić information content (AvgIpc) is 2.90. The summed E-state index contributed by atoms with van der Waals surface area (Å²) in [6, 6.07) is 9.88. The Morgan fingerprint density at radius 1 is 1.05 bits per heavy atom. The first kappa shape index (κ1) is 25.7. The number of nitrogens with one attached hydrogen (secondary N) is 1. The molecule has 4 amide bonds. The molecule has 2 bridgehead atoms. The van der Waals surface area contributed by atoms with Crippen LogP contribution in [0.5, 0.6) is 11.5 Å². The molecule has 0 radical (unpaired) electrons. The van der Waals surface area contributed by atoms with Crippen LogP contribution in [0, 0.1) is 11.3 Å². The van der Waals surface area contributed by atoms with Crippen LogP contribution in [0.15, 0.2) is 53.8 Å². The Labute approximate surface area is 220 Å². The van der Waals surface area contributed by atoms with E-state index in [1.165, 1.54) is 20.3 Å². The van der Waals surface area contributed by atoms with Crippen LogP contribution in [0.1, 0.15) is 23.6 Å². The van der Waals surface area contributed by atoms with Gasteiger partial charge in [0.05, 0.1) is 14.2 Å². The number of hydrogen-bond donors (Lipinski definition) is 1. The first-order chi connectivity index (χ1) is 18.3. The molecule has 5 rings (SSSR count). The van der Waals surface area contributed by atoms with E-state index in [4.69, 9.17) is 9.47 Å². The van der Waals surface area contributed by atoms with E-state index in [2.05, 4.69) is 16.8 Å². The monoisotopic (exact) mass is 520 g/mol. The Hall–Kier alpha value is -3.92. The lowest BCUT2D eigenvalue weighted by Crippen LogP contribution is -2.68. The number of fused-ring (bicyclic) bond motifs is 4. The summed E-state index contributed by atoms with van der Waals surface area (Å²) in [4.78, 5) is 55.8. The fourth-order valence-electron chi connectivity index (χ4n) is 6.22. The number of urea groups is 1. The first-order valence-electron chi connectivity index (χ1n) is 12.7. The Bertz CT molecular complexity index is 1350. The fourth-order valence-corrected chi connectivity index (χ4v) is 6.22. The largest absolute Gasteiger partial charge is 0.493 e. The molecule has 10 heteroatoms. The number of carbonyl (C=O) groups excluding carboxylic acids is 3. The van der Waals surface area contributed by atoms with Gasteiger partial charge in [0.25, 0.3) is 5.56 Å². The molecule has 2 fully saturated rings. The molecule has 10 nitrogen and oxygen atoms in total. The topological polar surface area (TPSA) is 110 Å². The van der Waals surface area contributed by atoms with Gasteiger partial charge in [0.2, 0.25) is 11.8 Å². The summed E-state index contributed by atoms with van der Waals surface area (Å²) in [5.74, 6) is 0.181. The summed E-state index contributed by atoms with van der Waals surface area (Å²) in [5.41, 5.74) is 0.137. The van der Waals surface area contributed by atoms with Gasteiger partial charge in [0.15, 0.2) is 11.5 Å². The molecule has 3 aliphatic heterocycles. The lowest BCUT2D eigenvalue weighted by molar-refractivity contribution is -0.153. The van der Waals surface area contributed by atoms with E-state index in [9.17, 15) is 19.2 Å². The molecule has 3 atom stereocenters.